The predicted octanol–water partition coefficient (Wildman–Crippen LogP) is 3.08. The Morgan fingerprint density at radius 1 is 1.13 bits per heavy atom. The molecule has 2 amide bonds. The lowest BCUT2D eigenvalue weighted by Crippen LogP contribution is -2.48. The van der Waals surface area contributed by atoms with Gasteiger partial charge in [-0.15, -0.1) is 0 Å². The first-order chi connectivity index (χ1) is 14.7. The third-order valence-electron chi connectivity index (χ3n) is 6.58. The molecule has 4 rings (SSSR count). The van der Waals surface area contributed by atoms with E-state index >= 15 is 0 Å². The molecule has 6 heteroatoms. The van der Waals surface area contributed by atoms with E-state index in [0.29, 0.717) is 44.1 Å². The molecule has 1 saturated heterocycles. The van der Waals surface area contributed by atoms with Crippen LogP contribution in [0.3, 0.4) is 0 Å². The average molecular weight is 410 g/mol. The Morgan fingerprint density at radius 2 is 1.90 bits per heavy atom. The minimum absolute atomic E-state index is 0.0148. The number of fused-ring (bicyclic) bond motifs is 1. The highest BCUT2D eigenvalue weighted by atomic mass is 16.3. The first-order valence-electron chi connectivity index (χ1n) is 11.1. The molecule has 0 radical (unpaired) electrons. The van der Waals surface area contributed by atoms with Crippen LogP contribution < -0.4 is 5.32 Å². The molecule has 2 aliphatic heterocycles. The maximum atomic E-state index is 12.8. The van der Waals surface area contributed by atoms with E-state index in [-0.39, 0.29) is 17.7 Å². The lowest BCUT2D eigenvalue weighted by atomic mass is 9.95. The van der Waals surface area contributed by atoms with Crippen molar-refractivity contribution in [3.63, 3.8) is 0 Å². The van der Waals surface area contributed by atoms with Crippen LogP contribution in [0.4, 0.5) is 0 Å². The molecule has 0 bridgehead atoms. The van der Waals surface area contributed by atoms with Gasteiger partial charge in [-0.05, 0) is 42.9 Å². The molecule has 160 valence electrons. The summed E-state index contributed by atoms with van der Waals surface area (Å²) in [6, 6.07) is 10.7. The fraction of sp³-hybridized carbons (Fsp3) is 0.500. The fourth-order valence-electron chi connectivity index (χ4n) is 4.64. The van der Waals surface area contributed by atoms with Crippen molar-refractivity contribution in [3.05, 3.63) is 59.5 Å². The van der Waals surface area contributed by atoms with Gasteiger partial charge in [0.25, 0.3) is 5.91 Å². The number of carbonyl (C=O) groups is 2. The maximum Gasteiger partial charge on any atom is 0.257 e. The average Bonchev–Trinajstić information content (AvgIpc) is 3.34. The lowest BCUT2D eigenvalue weighted by Gasteiger charge is -2.36. The molecule has 30 heavy (non-hydrogen) atoms. The smallest absolute Gasteiger partial charge is 0.257 e. The molecule has 1 fully saturated rings. The molecule has 2 aromatic rings. The van der Waals surface area contributed by atoms with Gasteiger partial charge in [0.05, 0.1) is 11.8 Å². The van der Waals surface area contributed by atoms with Gasteiger partial charge in [-0.1, -0.05) is 31.2 Å². The number of nitrogens with zero attached hydrogens (tertiary/aromatic N) is 2. The Bertz CT molecular complexity index is 856. The van der Waals surface area contributed by atoms with Crippen LogP contribution in [0.25, 0.3) is 0 Å². The number of likely N-dealkylation sites (tertiary alicyclic amines) is 1. The molecule has 1 aromatic heterocycles. The highest BCUT2D eigenvalue weighted by molar-refractivity contribution is 5.94. The van der Waals surface area contributed by atoms with Gasteiger partial charge in [-0.3, -0.25) is 14.5 Å². The number of nitrogens with one attached hydrogen (secondary N) is 1. The molecule has 0 saturated carbocycles. The second-order valence-electron chi connectivity index (χ2n) is 8.37. The van der Waals surface area contributed by atoms with Gasteiger partial charge in [0.1, 0.15) is 6.26 Å². The third kappa shape index (κ3) is 4.59. The highest BCUT2D eigenvalue weighted by Gasteiger charge is 2.29. The van der Waals surface area contributed by atoms with Gasteiger partial charge in [-0.25, -0.2) is 0 Å². The molecule has 1 unspecified atom stereocenters. The molecule has 2 aliphatic rings. The summed E-state index contributed by atoms with van der Waals surface area (Å²) < 4.78 is 5.00. The standard InChI is InChI=1S/C24H31N3O3/c1-2-22(27-13-7-18-5-3-4-6-20(18)16-27)15-25-23(28)19-8-11-26(12-9-19)24(29)21-10-14-30-17-21/h3-6,10,14,17,19,22H,2,7-9,11-13,15-16H2,1H3,(H,25,28). The number of amides is 2. The first kappa shape index (κ1) is 20.7. The Balaban J connectivity index is 1.25. The first-order valence-corrected chi connectivity index (χ1v) is 11.1. The fourth-order valence-corrected chi connectivity index (χ4v) is 4.64. The van der Waals surface area contributed by atoms with Gasteiger partial charge in [0.15, 0.2) is 0 Å². The monoisotopic (exact) mass is 409 g/mol. The van der Waals surface area contributed by atoms with Crippen LogP contribution in [0.5, 0.6) is 0 Å². The van der Waals surface area contributed by atoms with Crippen molar-refractivity contribution >= 4 is 11.8 Å². The number of carbonyl (C=O) groups excluding carboxylic acids is 2. The van der Waals surface area contributed by atoms with Crippen LogP contribution in [0.2, 0.25) is 0 Å². The van der Waals surface area contributed by atoms with Gasteiger partial charge < -0.3 is 14.6 Å². The second kappa shape index (κ2) is 9.47. The van der Waals surface area contributed by atoms with Crippen molar-refractivity contribution in [2.24, 2.45) is 5.92 Å². The molecule has 1 atom stereocenters. The number of benzene rings is 1. The number of hydrogen-bond acceptors (Lipinski definition) is 4. The Labute approximate surface area is 178 Å². The van der Waals surface area contributed by atoms with Crippen LogP contribution in [0.15, 0.2) is 47.3 Å². The minimum Gasteiger partial charge on any atom is -0.472 e. The van der Waals surface area contributed by atoms with E-state index in [2.05, 4.69) is 41.4 Å². The molecule has 3 heterocycles. The largest absolute Gasteiger partial charge is 0.472 e. The van der Waals surface area contributed by atoms with Crippen molar-refractivity contribution in [1.29, 1.82) is 0 Å². The summed E-state index contributed by atoms with van der Waals surface area (Å²) in [4.78, 5) is 29.5. The molecular formula is C24H31N3O3. The lowest BCUT2D eigenvalue weighted by molar-refractivity contribution is -0.126. The normalized spacial score (nSPS) is 18.6. The zero-order chi connectivity index (χ0) is 20.9. The molecule has 0 spiro atoms. The molecular weight excluding hydrogens is 378 g/mol. The number of furan rings is 1. The number of rotatable bonds is 6. The summed E-state index contributed by atoms with van der Waals surface area (Å²) in [7, 11) is 0. The van der Waals surface area contributed by atoms with Crippen molar-refractivity contribution in [1.82, 2.24) is 15.1 Å². The summed E-state index contributed by atoms with van der Waals surface area (Å²) >= 11 is 0. The van der Waals surface area contributed by atoms with Crippen molar-refractivity contribution in [2.75, 3.05) is 26.2 Å². The minimum atomic E-state index is -0.0158. The topological polar surface area (TPSA) is 65.8 Å². The molecule has 1 N–H and O–H groups in total. The number of hydrogen-bond donors (Lipinski definition) is 1. The summed E-state index contributed by atoms with van der Waals surface area (Å²) in [5, 5.41) is 3.20. The van der Waals surface area contributed by atoms with Crippen molar-refractivity contribution in [3.8, 4) is 0 Å². The van der Waals surface area contributed by atoms with E-state index in [4.69, 9.17) is 4.42 Å². The second-order valence-corrected chi connectivity index (χ2v) is 8.37. The SMILES string of the molecule is CCC(CNC(=O)C1CCN(C(=O)c2ccoc2)CC1)N1CCc2ccccc2C1. The zero-order valence-corrected chi connectivity index (χ0v) is 17.7. The summed E-state index contributed by atoms with van der Waals surface area (Å²) in [6.45, 7) is 6.10. The Kier molecular flexibility index (Phi) is 6.53. The molecule has 1 aromatic carbocycles. The van der Waals surface area contributed by atoms with E-state index in [1.54, 1.807) is 6.07 Å². The third-order valence-corrected chi connectivity index (χ3v) is 6.58. The highest BCUT2D eigenvalue weighted by Crippen LogP contribution is 2.22. The van der Waals surface area contributed by atoms with Crippen molar-refractivity contribution in [2.45, 2.75) is 45.2 Å². The molecule has 6 nitrogen and oxygen atoms in total. The van der Waals surface area contributed by atoms with E-state index < -0.39 is 0 Å². The van der Waals surface area contributed by atoms with E-state index in [9.17, 15) is 9.59 Å². The number of piperidine rings is 1. The van der Waals surface area contributed by atoms with Gasteiger partial charge in [-0.2, -0.15) is 0 Å². The van der Waals surface area contributed by atoms with E-state index in [0.717, 1.165) is 25.9 Å². The van der Waals surface area contributed by atoms with Crippen molar-refractivity contribution < 1.29 is 14.0 Å². The van der Waals surface area contributed by atoms with Crippen LogP contribution in [0, 0.1) is 5.92 Å². The van der Waals surface area contributed by atoms with Gasteiger partial charge >= 0.3 is 0 Å². The van der Waals surface area contributed by atoms with E-state index in [1.165, 1.54) is 23.7 Å². The summed E-state index contributed by atoms with van der Waals surface area (Å²) in [5.74, 6) is 0.0956. The summed E-state index contributed by atoms with van der Waals surface area (Å²) in [6.07, 6.45) is 6.50. The van der Waals surface area contributed by atoms with Gasteiger partial charge in [0.2, 0.25) is 5.91 Å². The maximum absolute atomic E-state index is 12.8. The Hall–Kier alpha value is -2.60. The van der Waals surface area contributed by atoms with E-state index in [1.807, 2.05) is 4.90 Å². The van der Waals surface area contributed by atoms with Crippen LogP contribution in [-0.4, -0.2) is 53.8 Å². The predicted molar refractivity (Wildman–Crippen MR) is 115 cm³/mol. The van der Waals surface area contributed by atoms with Crippen LogP contribution in [0.1, 0.15) is 47.7 Å². The molecule has 0 aliphatic carbocycles. The van der Waals surface area contributed by atoms with Crippen LogP contribution >= 0.6 is 0 Å². The van der Waals surface area contributed by atoms with Gasteiger partial charge in [0, 0.05) is 44.7 Å². The quantitative estimate of drug-likeness (QED) is 0.796. The summed E-state index contributed by atoms with van der Waals surface area (Å²) in [5.41, 5.74) is 3.43. The zero-order valence-electron chi connectivity index (χ0n) is 17.7. The Morgan fingerprint density at radius 3 is 2.60 bits per heavy atom. The van der Waals surface area contributed by atoms with Crippen LogP contribution in [-0.2, 0) is 17.8 Å².